The average molecular weight is 128 g/mol. The molecular formula is C6H8O3. The molecular weight excluding hydrogens is 120 g/mol. The zero-order valence-electron chi connectivity index (χ0n) is 5.00. The summed E-state index contributed by atoms with van der Waals surface area (Å²) >= 11 is 0. The molecule has 0 saturated heterocycles. The van der Waals surface area contributed by atoms with Crippen LogP contribution in [0.1, 0.15) is 19.3 Å². The first-order valence-electron chi connectivity index (χ1n) is 2.96. The quantitative estimate of drug-likeness (QED) is 0.311. The van der Waals surface area contributed by atoms with E-state index >= 15 is 0 Å². The average Bonchev–Trinajstić information content (AvgIpc) is 2.50. The summed E-state index contributed by atoms with van der Waals surface area (Å²) in [6.45, 7) is 0. The van der Waals surface area contributed by atoms with Gasteiger partial charge in [-0.1, -0.05) is 0 Å². The van der Waals surface area contributed by atoms with E-state index in [1.165, 1.54) is 0 Å². The van der Waals surface area contributed by atoms with Crippen LogP contribution in [0.4, 0.5) is 0 Å². The Kier molecular flexibility index (Phi) is 1.82. The van der Waals surface area contributed by atoms with Gasteiger partial charge in [-0.25, -0.2) is 0 Å². The standard InChI is InChI=1S/C6H8O3/c7-4-3-6(8)9-5-1-2-5/h4-5H,1-3H2. The van der Waals surface area contributed by atoms with Crippen LogP contribution in [0.25, 0.3) is 0 Å². The number of esters is 1. The summed E-state index contributed by atoms with van der Waals surface area (Å²) in [4.78, 5) is 20.2. The van der Waals surface area contributed by atoms with Gasteiger partial charge < -0.3 is 9.53 Å². The van der Waals surface area contributed by atoms with E-state index < -0.39 is 5.97 Å². The second kappa shape index (κ2) is 2.62. The number of hydrogen-bond acceptors (Lipinski definition) is 3. The number of carbonyl (C=O) groups is 2. The van der Waals surface area contributed by atoms with E-state index in [0.29, 0.717) is 6.29 Å². The normalized spacial score (nSPS) is 16.9. The molecule has 0 N–H and O–H groups in total. The van der Waals surface area contributed by atoms with Gasteiger partial charge in [0.2, 0.25) is 0 Å². The van der Waals surface area contributed by atoms with Gasteiger partial charge in [0.1, 0.15) is 18.8 Å². The lowest BCUT2D eigenvalue weighted by atomic mass is 10.5. The highest BCUT2D eigenvalue weighted by Gasteiger charge is 2.25. The van der Waals surface area contributed by atoms with Crippen LogP contribution in [0.2, 0.25) is 0 Å². The monoisotopic (exact) mass is 128 g/mol. The first-order valence-corrected chi connectivity index (χ1v) is 2.96. The maximum Gasteiger partial charge on any atom is 0.313 e. The number of carbonyl (C=O) groups excluding carboxylic acids is 2. The fourth-order valence-electron chi connectivity index (χ4n) is 0.488. The molecule has 9 heavy (non-hydrogen) atoms. The van der Waals surface area contributed by atoms with E-state index in [1.54, 1.807) is 0 Å². The van der Waals surface area contributed by atoms with Crippen molar-refractivity contribution in [3.05, 3.63) is 0 Å². The van der Waals surface area contributed by atoms with Crippen molar-refractivity contribution in [3.8, 4) is 0 Å². The van der Waals surface area contributed by atoms with Crippen LogP contribution < -0.4 is 0 Å². The Bertz CT molecular complexity index is 126. The van der Waals surface area contributed by atoms with Gasteiger partial charge in [-0.2, -0.15) is 0 Å². The van der Waals surface area contributed by atoms with E-state index in [1.807, 2.05) is 0 Å². The molecule has 0 amide bonds. The van der Waals surface area contributed by atoms with Crippen LogP contribution in [-0.2, 0) is 14.3 Å². The van der Waals surface area contributed by atoms with Gasteiger partial charge in [0, 0.05) is 0 Å². The molecule has 0 bridgehead atoms. The van der Waals surface area contributed by atoms with Gasteiger partial charge in [0.25, 0.3) is 0 Å². The molecule has 3 nitrogen and oxygen atoms in total. The predicted molar refractivity (Wildman–Crippen MR) is 29.8 cm³/mol. The summed E-state index contributed by atoms with van der Waals surface area (Å²) in [5, 5.41) is 0. The molecule has 0 unspecified atom stereocenters. The molecule has 50 valence electrons. The summed E-state index contributed by atoms with van der Waals surface area (Å²) in [6.07, 6.45) is 2.51. The lowest BCUT2D eigenvalue weighted by Crippen LogP contribution is -2.05. The molecule has 0 aromatic carbocycles. The van der Waals surface area contributed by atoms with Crippen LogP contribution >= 0.6 is 0 Å². The van der Waals surface area contributed by atoms with E-state index in [4.69, 9.17) is 4.74 Å². The van der Waals surface area contributed by atoms with E-state index in [0.717, 1.165) is 12.8 Å². The molecule has 0 heterocycles. The van der Waals surface area contributed by atoms with Crippen LogP contribution in [0.5, 0.6) is 0 Å². The summed E-state index contributed by atoms with van der Waals surface area (Å²) < 4.78 is 4.73. The van der Waals surface area contributed by atoms with Gasteiger partial charge in [-0.15, -0.1) is 0 Å². The van der Waals surface area contributed by atoms with Crippen molar-refractivity contribution in [3.63, 3.8) is 0 Å². The molecule has 1 saturated carbocycles. The highest BCUT2D eigenvalue weighted by Crippen LogP contribution is 2.23. The van der Waals surface area contributed by atoms with Crippen molar-refractivity contribution in [2.75, 3.05) is 0 Å². The molecule has 0 aromatic heterocycles. The largest absolute Gasteiger partial charge is 0.462 e. The third-order valence-electron chi connectivity index (χ3n) is 1.07. The molecule has 1 rings (SSSR count). The first-order chi connectivity index (χ1) is 4.33. The van der Waals surface area contributed by atoms with E-state index in [9.17, 15) is 9.59 Å². The van der Waals surface area contributed by atoms with Crippen molar-refractivity contribution in [2.24, 2.45) is 0 Å². The van der Waals surface area contributed by atoms with Crippen molar-refractivity contribution >= 4 is 12.3 Å². The van der Waals surface area contributed by atoms with Crippen LogP contribution in [0.15, 0.2) is 0 Å². The summed E-state index contributed by atoms with van der Waals surface area (Å²) in [7, 11) is 0. The molecule has 0 atom stereocenters. The van der Waals surface area contributed by atoms with Gasteiger partial charge >= 0.3 is 5.97 Å². The summed E-state index contributed by atoms with van der Waals surface area (Å²) in [6, 6.07) is 0. The Morgan fingerprint density at radius 3 is 2.78 bits per heavy atom. The number of rotatable bonds is 3. The number of hydrogen-bond donors (Lipinski definition) is 0. The summed E-state index contributed by atoms with van der Waals surface area (Å²) in [5.41, 5.74) is 0. The number of aldehydes is 1. The third-order valence-corrected chi connectivity index (χ3v) is 1.07. The van der Waals surface area contributed by atoms with Crippen LogP contribution in [-0.4, -0.2) is 18.4 Å². The van der Waals surface area contributed by atoms with Gasteiger partial charge in [-0.05, 0) is 12.8 Å². The number of ether oxygens (including phenoxy) is 1. The zero-order valence-corrected chi connectivity index (χ0v) is 5.00. The van der Waals surface area contributed by atoms with Crippen molar-refractivity contribution < 1.29 is 14.3 Å². The second-order valence-electron chi connectivity index (χ2n) is 2.06. The summed E-state index contributed by atoms with van der Waals surface area (Å²) in [5.74, 6) is -0.396. The molecule has 0 radical (unpaired) electrons. The van der Waals surface area contributed by atoms with E-state index in [-0.39, 0.29) is 12.5 Å². The smallest absolute Gasteiger partial charge is 0.313 e. The molecule has 3 heteroatoms. The van der Waals surface area contributed by atoms with Crippen LogP contribution in [0, 0.1) is 0 Å². The minimum Gasteiger partial charge on any atom is -0.462 e. The Morgan fingerprint density at radius 2 is 2.33 bits per heavy atom. The minimum atomic E-state index is -0.396. The SMILES string of the molecule is O=CCC(=O)OC1CC1. The Balaban J connectivity index is 2.09. The highest BCUT2D eigenvalue weighted by molar-refractivity contribution is 5.83. The maximum absolute atomic E-state index is 10.4. The molecule has 1 aliphatic carbocycles. The lowest BCUT2D eigenvalue weighted by Gasteiger charge is -1.95. The molecule has 0 aromatic rings. The van der Waals surface area contributed by atoms with Gasteiger partial charge in [0.05, 0.1) is 0 Å². The predicted octanol–water partition coefficient (Wildman–Crippen LogP) is 0.281. The maximum atomic E-state index is 10.4. The van der Waals surface area contributed by atoms with Crippen LogP contribution in [0.3, 0.4) is 0 Å². The fraction of sp³-hybridized carbons (Fsp3) is 0.667. The zero-order chi connectivity index (χ0) is 6.69. The van der Waals surface area contributed by atoms with Crippen molar-refractivity contribution in [1.82, 2.24) is 0 Å². The fourth-order valence-corrected chi connectivity index (χ4v) is 0.488. The first kappa shape index (κ1) is 6.26. The van der Waals surface area contributed by atoms with Gasteiger partial charge in [0.15, 0.2) is 0 Å². The molecule has 0 aliphatic heterocycles. The Labute approximate surface area is 53.0 Å². The molecule has 0 spiro atoms. The minimum absolute atomic E-state index is 0.101. The topological polar surface area (TPSA) is 43.4 Å². The van der Waals surface area contributed by atoms with Gasteiger partial charge in [-0.3, -0.25) is 4.79 Å². The molecule has 1 fully saturated rings. The van der Waals surface area contributed by atoms with Crippen molar-refractivity contribution in [2.45, 2.75) is 25.4 Å². The second-order valence-corrected chi connectivity index (χ2v) is 2.06. The lowest BCUT2D eigenvalue weighted by molar-refractivity contribution is -0.145. The molecule has 1 aliphatic rings. The third kappa shape index (κ3) is 2.26. The Morgan fingerprint density at radius 1 is 1.67 bits per heavy atom. The Hall–Kier alpha value is -0.860. The van der Waals surface area contributed by atoms with E-state index in [2.05, 4.69) is 0 Å². The van der Waals surface area contributed by atoms with Crippen molar-refractivity contribution in [1.29, 1.82) is 0 Å². The highest BCUT2D eigenvalue weighted by atomic mass is 16.5.